The first kappa shape index (κ1) is 22.8. The first-order valence-electron chi connectivity index (χ1n) is 10.8. The summed E-state index contributed by atoms with van der Waals surface area (Å²) in [7, 11) is 1.32. The lowest BCUT2D eigenvalue weighted by Gasteiger charge is -2.39. The lowest BCUT2D eigenvalue weighted by atomic mass is 9.76. The van der Waals surface area contributed by atoms with Crippen molar-refractivity contribution in [3.8, 4) is 16.9 Å². The first-order valence-corrected chi connectivity index (χ1v) is 11.1. The topological polar surface area (TPSA) is 77.5 Å². The highest BCUT2D eigenvalue weighted by Crippen LogP contribution is 2.36. The van der Waals surface area contributed by atoms with Crippen molar-refractivity contribution in [2.45, 2.75) is 38.3 Å². The van der Waals surface area contributed by atoms with E-state index in [0.717, 1.165) is 28.7 Å². The zero-order valence-electron chi connectivity index (χ0n) is 18.6. The van der Waals surface area contributed by atoms with Crippen molar-refractivity contribution in [3.63, 3.8) is 0 Å². The number of rotatable bonds is 7. The second-order valence-electron chi connectivity index (χ2n) is 8.14. The van der Waals surface area contributed by atoms with E-state index in [1.807, 2.05) is 55.5 Å². The molecule has 1 aliphatic rings. The number of ether oxygens (including phenoxy) is 2. The quantitative estimate of drug-likeness (QED) is 0.491. The maximum atomic E-state index is 13.3. The third kappa shape index (κ3) is 4.71. The predicted molar refractivity (Wildman–Crippen MR) is 126 cm³/mol. The van der Waals surface area contributed by atoms with Crippen molar-refractivity contribution in [1.29, 1.82) is 0 Å². The van der Waals surface area contributed by atoms with Crippen LogP contribution in [0.1, 0.15) is 40.9 Å². The molecular weight excluding hydrogens is 440 g/mol. The molecule has 170 valence electrons. The molecule has 1 aliphatic carbocycles. The van der Waals surface area contributed by atoms with E-state index in [0.29, 0.717) is 23.6 Å². The molecule has 1 N–H and O–H groups in total. The Balaban J connectivity index is 1.71. The molecule has 0 saturated heterocycles. The van der Waals surface area contributed by atoms with Crippen LogP contribution in [0.3, 0.4) is 0 Å². The van der Waals surface area contributed by atoms with Gasteiger partial charge in [-0.3, -0.25) is 4.79 Å². The molecule has 7 heteroatoms. The summed E-state index contributed by atoms with van der Waals surface area (Å²) in [6.45, 7) is 2.15. The number of carbonyl (C=O) groups excluding carboxylic acids is 2. The number of halogens is 1. The van der Waals surface area contributed by atoms with E-state index in [1.165, 1.54) is 7.11 Å². The van der Waals surface area contributed by atoms with Gasteiger partial charge in [0, 0.05) is 22.3 Å². The molecule has 0 aliphatic heterocycles. The Morgan fingerprint density at radius 3 is 2.52 bits per heavy atom. The molecule has 2 aromatic carbocycles. The van der Waals surface area contributed by atoms with Gasteiger partial charge in [-0.05, 0) is 49.4 Å². The molecule has 4 rings (SSSR count). The summed E-state index contributed by atoms with van der Waals surface area (Å²) in [6, 6.07) is 17.1. The van der Waals surface area contributed by atoms with Crippen LogP contribution in [-0.2, 0) is 16.1 Å². The molecule has 1 saturated carbocycles. The maximum Gasteiger partial charge on any atom is 0.331 e. The molecule has 33 heavy (non-hydrogen) atoms. The molecule has 0 bridgehead atoms. The average Bonchev–Trinajstić information content (AvgIpc) is 2.80. The maximum absolute atomic E-state index is 13.3. The zero-order valence-corrected chi connectivity index (χ0v) is 19.3. The molecule has 0 radical (unpaired) electrons. The lowest BCUT2D eigenvalue weighted by Crippen LogP contribution is -2.59. The summed E-state index contributed by atoms with van der Waals surface area (Å²) in [6.07, 6.45) is 3.54. The number of methoxy groups -OCH3 is 1. The Morgan fingerprint density at radius 2 is 1.88 bits per heavy atom. The van der Waals surface area contributed by atoms with Crippen molar-refractivity contribution < 1.29 is 19.1 Å². The number of esters is 1. The van der Waals surface area contributed by atoms with E-state index in [9.17, 15) is 9.59 Å². The van der Waals surface area contributed by atoms with Crippen LogP contribution in [-0.4, -0.2) is 29.5 Å². The van der Waals surface area contributed by atoms with Gasteiger partial charge in [-0.2, -0.15) is 0 Å². The van der Waals surface area contributed by atoms with Gasteiger partial charge in [0.25, 0.3) is 5.91 Å². The fourth-order valence-electron chi connectivity index (χ4n) is 3.98. The van der Waals surface area contributed by atoms with Gasteiger partial charge in [0.2, 0.25) is 0 Å². The third-order valence-electron chi connectivity index (χ3n) is 6.00. The van der Waals surface area contributed by atoms with Gasteiger partial charge in [0.15, 0.2) is 11.4 Å². The summed E-state index contributed by atoms with van der Waals surface area (Å²) < 4.78 is 11.1. The van der Waals surface area contributed by atoms with E-state index in [1.54, 1.807) is 12.3 Å². The fraction of sp³-hybridized carbons (Fsp3) is 0.269. The summed E-state index contributed by atoms with van der Waals surface area (Å²) in [4.78, 5) is 30.0. The van der Waals surface area contributed by atoms with Crippen molar-refractivity contribution >= 4 is 23.5 Å². The largest absolute Gasteiger partial charge is 0.486 e. The van der Waals surface area contributed by atoms with Gasteiger partial charge in [0.05, 0.1) is 7.11 Å². The summed E-state index contributed by atoms with van der Waals surface area (Å²) >= 11 is 6.19. The molecule has 0 spiro atoms. The van der Waals surface area contributed by atoms with E-state index < -0.39 is 17.4 Å². The molecule has 1 fully saturated rings. The Bertz CT molecular complexity index is 1180. The first-order chi connectivity index (χ1) is 15.9. The van der Waals surface area contributed by atoms with Crippen LogP contribution in [0.4, 0.5) is 0 Å². The summed E-state index contributed by atoms with van der Waals surface area (Å²) in [5, 5.41) is 3.46. The number of hydrogen-bond donors (Lipinski definition) is 1. The highest BCUT2D eigenvalue weighted by atomic mass is 35.5. The van der Waals surface area contributed by atoms with E-state index in [2.05, 4.69) is 10.3 Å². The van der Waals surface area contributed by atoms with Gasteiger partial charge >= 0.3 is 5.97 Å². The lowest BCUT2D eigenvalue weighted by molar-refractivity contribution is -0.152. The van der Waals surface area contributed by atoms with Crippen LogP contribution in [0.5, 0.6) is 5.75 Å². The SMILES string of the molecule is COC(=O)C1(NC(=O)c2ncc(-c3cccc(Cl)c3)c(C)c2OCc2ccccc2)CCC1. The predicted octanol–water partition coefficient (Wildman–Crippen LogP) is 5.11. The highest BCUT2D eigenvalue weighted by Gasteiger charge is 2.47. The fourth-order valence-corrected chi connectivity index (χ4v) is 4.17. The number of hydrogen-bond acceptors (Lipinski definition) is 5. The van der Waals surface area contributed by atoms with Gasteiger partial charge in [0.1, 0.15) is 12.1 Å². The molecule has 6 nitrogen and oxygen atoms in total. The van der Waals surface area contributed by atoms with Crippen LogP contribution in [0.15, 0.2) is 60.8 Å². The number of amides is 1. The second-order valence-corrected chi connectivity index (χ2v) is 8.58. The van der Waals surface area contributed by atoms with Crippen molar-refractivity contribution in [2.24, 2.45) is 0 Å². The Hall–Kier alpha value is -3.38. The Kier molecular flexibility index (Phi) is 6.65. The van der Waals surface area contributed by atoms with Gasteiger partial charge in [-0.15, -0.1) is 0 Å². The van der Waals surface area contributed by atoms with Crippen LogP contribution >= 0.6 is 11.6 Å². The third-order valence-corrected chi connectivity index (χ3v) is 6.23. The Morgan fingerprint density at radius 1 is 1.12 bits per heavy atom. The molecule has 3 aromatic rings. The van der Waals surface area contributed by atoms with Gasteiger partial charge in [-0.1, -0.05) is 54.1 Å². The summed E-state index contributed by atoms with van der Waals surface area (Å²) in [5.74, 6) is -0.543. The average molecular weight is 465 g/mol. The van der Waals surface area contributed by atoms with Crippen molar-refractivity contribution in [2.75, 3.05) is 7.11 Å². The number of nitrogens with one attached hydrogen (secondary N) is 1. The number of nitrogens with zero attached hydrogens (tertiary/aromatic N) is 1. The number of pyridine rings is 1. The van der Waals surface area contributed by atoms with Crippen molar-refractivity contribution in [3.05, 3.63) is 82.6 Å². The summed E-state index contributed by atoms with van der Waals surface area (Å²) in [5.41, 5.74) is 2.52. The monoisotopic (exact) mass is 464 g/mol. The minimum absolute atomic E-state index is 0.129. The van der Waals surface area contributed by atoms with Gasteiger partial charge in [-0.25, -0.2) is 9.78 Å². The van der Waals surface area contributed by atoms with Gasteiger partial charge < -0.3 is 14.8 Å². The highest BCUT2D eigenvalue weighted by molar-refractivity contribution is 6.30. The minimum Gasteiger partial charge on any atom is -0.486 e. The number of benzene rings is 2. The van der Waals surface area contributed by atoms with Crippen LogP contribution in [0.2, 0.25) is 5.02 Å². The zero-order chi connectivity index (χ0) is 23.4. The molecular formula is C26H25ClN2O4. The normalized spacial score (nSPS) is 14.2. The van der Waals surface area contributed by atoms with Crippen LogP contribution in [0, 0.1) is 6.92 Å². The van der Waals surface area contributed by atoms with E-state index >= 15 is 0 Å². The second kappa shape index (κ2) is 9.63. The molecule has 1 heterocycles. The van der Waals surface area contributed by atoms with Crippen LogP contribution in [0.25, 0.3) is 11.1 Å². The molecule has 0 unspecified atom stereocenters. The smallest absolute Gasteiger partial charge is 0.331 e. The van der Waals surface area contributed by atoms with Crippen LogP contribution < -0.4 is 10.1 Å². The minimum atomic E-state index is -1.01. The Labute approximate surface area is 197 Å². The van der Waals surface area contributed by atoms with Crippen molar-refractivity contribution in [1.82, 2.24) is 10.3 Å². The standard InChI is InChI=1S/C26H25ClN2O4/c1-17-21(19-10-6-11-20(27)14-19)15-28-22(23(17)33-16-18-8-4-3-5-9-18)24(30)29-26(12-7-13-26)25(31)32-2/h3-6,8-11,14-15H,7,12-13,16H2,1-2H3,(H,29,30). The number of carbonyl (C=O) groups is 2. The molecule has 0 atom stereocenters. The molecule has 1 aromatic heterocycles. The van der Waals surface area contributed by atoms with E-state index in [-0.39, 0.29) is 12.3 Å². The van der Waals surface area contributed by atoms with E-state index in [4.69, 9.17) is 21.1 Å². The molecule has 1 amide bonds. The number of aromatic nitrogens is 1.